The molecule has 1 saturated heterocycles. The van der Waals surface area contributed by atoms with Crippen molar-refractivity contribution in [2.45, 2.75) is 12.8 Å². The van der Waals surface area contributed by atoms with E-state index < -0.39 is 0 Å². The summed E-state index contributed by atoms with van der Waals surface area (Å²) in [5, 5.41) is 3.50. The molecule has 0 aliphatic carbocycles. The van der Waals surface area contributed by atoms with E-state index in [1.54, 1.807) is 42.5 Å². The molecule has 24 heavy (non-hydrogen) atoms. The lowest BCUT2D eigenvalue weighted by Gasteiger charge is -2.14. The largest absolute Gasteiger partial charge is 0.321 e. The molecule has 5 nitrogen and oxygen atoms in total. The maximum atomic E-state index is 12.3. The lowest BCUT2D eigenvalue weighted by Crippen LogP contribution is -2.28. The molecular weight excluding hydrogens is 351 g/mol. The van der Waals surface area contributed by atoms with Crippen LogP contribution in [0.15, 0.2) is 42.5 Å². The molecule has 0 saturated carbocycles. The van der Waals surface area contributed by atoms with Gasteiger partial charge < -0.3 is 5.32 Å². The van der Waals surface area contributed by atoms with Crippen LogP contribution in [0.3, 0.4) is 0 Å². The van der Waals surface area contributed by atoms with Gasteiger partial charge in [-0.3, -0.25) is 19.3 Å². The van der Waals surface area contributed by atoms with Crippen LogP contribution in [0, 0.1) is 0 Å². The molecule has 1 fully saturated rings. The fraction of sp³-hybridized carbons (Fsp3) is 0.118. The Morgan fingerprint density at radius 3 is 2.21 bits per heavy atom. The topological polar surface area (TPSA) is 66.5 Å². The first kappa shape index (κ1) is 16.5. The summed E-state index contributed by atoms with van der Waals surface area (Å²) in [6.07, 6.45) is 0.433. The predicted molar refractivity (Wildman–Crippen MR) is 92.6 cm³/mol. The molecule has 0 atom stereocenters. The van der Waals surface area contributed by atoms with Crippen molar-refractivity contribution < 1.29 is 14.4 Å². The van der Waals surface area contributed by atoms with Crippen LogP contribution in [0.1, 0.15) is 23.2 Å². The molecule has 1 N–H and O–H groups in total. The van der Waals surface area contributed by atoms with Crippen molar-refractivity contribution in [1.82, 2.24) is 0 Å². The van der Waals surface area contributed by atoms with Gasteiger partial charge in [-0.1, -0.05) is 23.2 Å². The van der Waals surface area contributed by atoms with E-state index >= 15 is 0 Å². The van der Waals surface area contributed by atoms with Gasteiger partial charge in [-0.25, -0.2) is 0 Å². The first-order valence-electron chi connectivity index (χ1n) is 7.18. The van der Waals surface area contributed by atoms with E-state index in [2.05, 4.69) is 5.32 Å². The Labute approximate surface area is 148 Å². The minimum absolute atomic E-state index is 0.217. The number of hydrogen-bond acceptors (Lipinski definition) is 3. The van der Waals surface area contributed by atoms with Crippen LogP contribution < -0.4 is 10.2 Å². The molecule has 0 bridgehead atoms. The van der Waals surface area contributed by atoms with Crippen molar-refractivity contribution >= 4 is 52.3 Å². The fourth-order valence-electron chi connectivity index (χ4n) is 2.41. The molecule has 0 unspecified atom stereocenters. The summed E-state index contributed by atoms with van der Waals surface area (Å²) in [7, 11) is 0. The quantitative estimate of drug-likeness (QED) is 0.842. The van der Waals surface area contributed by atoms with Crippen molar-refractivity contribution in [1.29, 1.82) is 0 Å². The summed E-state index contributed by atoms with van der Waals surface area (Å²) in [6.45, 7) is 0. The fourth-order valence-corrected chi connectivity index (χ4v) is 2.75. The molecular formula is C17H12Cl2N2O3. The minimum atomic E-state index is -0.371. The van der Waals surface area contributed by atoms with E-state index in [0.29, 0.717) is 27.0 Å². The first-order chi connectivity index (χ1) is 11.5. The number of rotatable bonds is 3. The molecule has 0 aromatic heterocycles. The van der Waals surface area contributed by atoms with Crippen LogP contribution in [0.4, 0.5) is 11.4 Å². The Hall–Kier alpha value is -2.37. The van der Waals surface area contributed by atoms with Crippen LogP contribution in [0.25, 0.3) is 0 Å². The molecule has 3 rings (SSSR count). The Bertz CT molecular complexity index is 818. The van der Waals surface area contributed by atoms with Crippen molar-refractivity contribution in [3.63, 3.8) is 0 Å². The van der Waals surface area contributed by atoms with Gasteiger partial charge in [0.1, 0.15) is 0 Å². The summed E-state index contributed by atoms with van der Waals surface area (Å²) in [4.78, 5) is 36.8. The molecule has 0 radical (unpaired) electrons. The van der Waals surface area contributed by atoms with Crippen molar-refractivity contribution in [2.75, 3.05) is 10.2 Å². The Morgan fingerprint density at radius 1 is 0.958 bits per heavy atom. The normalized spacial score (nSPS) is 14.2. The number of amides is 3. The third-order valence-electron chi connectivity index (χ3n) is 3.62. The maximum absolute atomic E-state index is 12.3. The molecule has 1 heterocycles. The van der Waals surface area contributed by atoms with Gasteiger partial charge in [-0.05, 0) is 42.5 Å². The first-order valence-corrected chi connectivity index (χ1v) is 7.93. The zero-order chi connectivity index (χ0) is 17.3. The molecule has 7 heteroatoms. The highest BCUT2D eigenvalue weighted by molar-refractivity contribution is 6.35. The highest BCUT2D eigenvalue weighted by atomic mass is 35.5. The summed E-state index contributed by atoms with van der Waals surface area (Å²) in [5.74, 6) is -0.837. The number of nitrogens with one attached hydrogen (secondary N) is 1. The molecule has 2 aromatic carbocycles. The van der Waals surface area contributed by atoms with E-state index in [9.17, 15) is 14.4 Å². The Kier molecular flexibility index (Phi) is 4.55. The van der Waals surface area contributed by atoms with Crippen LogP contribution >= 0.6 is 23.2 Å². The third kappa shape index (κ3) is 3.27. The summed E-state index contributed by atoms with van der Waals surface area (Å²) in [5.41, 5.74) is 1.23. The highest BCUT2D eigenvalue weighted by Crippen LogP contribution is 2.27. The van der Waals surface area contributed by atoms with Gasteiger partial charge in [0.15, 0.2) is 0 Å². The smallest absolute Gasteiger partial charge is 0.255 e. The van der Waals surface area contributed by atoms with E-state index in [1.165, 1.54) is 0 Å². The van der Waals surface area contributed by atoms with Crippen molar-refractivity contribution in [2.24, 2.45) is 0 Å². The number of imide groups is 1. The van der Waals surface area contributed by atoms with Crippen LogP contribution in [-0.2, 0) is 9.59 Å². The predicted octanol–water partition coefficient (Wildman–Crippen LogP) is 3.90. The number of carbonyl (C=O) groups is 3. The average molecular weight is 363 g/mol. The number of benzene rings is 2. The average Bonchev–Trinajstić information content (AvgIpc) is 2.90. The van der Waals surface area contributed by atoms with Crippen LogP contribution in [0.5, 0.6) is 0 Å². The van der Waals surface area contributed by atoms with Gasteiger partial charge in [0.2, 0.25) is 11.8 Å². The van der Waals surface area contributed by atoms with E-state index in [0.717, 1.165) is 4.90 Å². The zero-order valence-electron chi connectivity index (χ0n) is 12.4. The van der Waals surface area contributed by atoms with Gasteiger partial charge in [-0.15, -0.1) is 0 Å². The summed E-state index contributed by atoms with van der Waals surface area (Å²) < 4.78 is 0. The van der Waals surface area contributed by atoms with Crippen molar-refractivity contribution in [3.8, 4) is 0 Å². The number of hydrogen-bond donors (Lipinski definition) is 1. The minimum Gasteiger partial charge on any atom is -0.321 e. The molecule has 122 valence electrons. The molecule has 0 spiro atoms. The summed E-state index contributed by atoms with van der Waals surface area (Å²) >= 11 is 11.9. The number of halogens is 2. The Balaban J connectivity index is 1.78. The zero-order valence-corrected chi connectivity index (χ0v) is 13.9. The van der Waals surface area contributed by atoms with Gasteiger partial charge in [-0.2, -0.15) is 0 Å². The van der Waals surface area contributed by atoms with Gasteiger partial charge in [0.05, 0.1) is 16.4 Å². The molecule has 3 amide bonds. The Morgan fingerprint density at radius 2 is 1.58 bits per heavy atom. The van der Waals surface area contributed by atoms with Crippen LogP contribution in [0.2, 0.25) is 10.0 Å². The summed E-state index contributed by atoms with van der Waals surface area (Å²) in [6, 6.07) is 11.0. The second-order valence-corrected chi connectivity index (χ2v) is 6.09. The standard InChI is InChI=1S/C17H12Cl2N2O3/c18-11-3-6-13(19)14(9-11)20-17(24)10-1-4-12(5-2-10)21-15(22)7-8-16(21)23/h1-6,9H,7-8H2,(H,20,24). The lowest BCUT2D eigenvalue weighted by atomic mass is 10.1. The van der Waals surface area contributed by atoms with Crippen molar-refractivity contribution in [3.05, 3.63) is 58.1 Å². The van der Waals surface area contributed by atoms with Gasteiger partial charge in [0, 0.05) is 23.4 Å². The van der Waals surface area contributed by atoms with E-state index in [1.807, 2.05) is 0 Å². The van der Waals surface area contributed by atoms with Crippen LogP contribution in [-0.4, -0.2) is 17.7 Å². The second kappa shape index (κ2) is 6.63. The van der Waals surface area contributed by atoms with Gasteiger partial charge >= 0.3 is 0 Å². The van der Waals surface area contributed by atoms with Gasteiger partial charge in [0.25, 0.3) is 5.91 Å². The lowest BCUT2D eigenvalue weighted by molar-refractivity contribution is -0.121. The molecule has 2 aromatic rings. The number of anilines is 2. The van der Waals surface area contributed by atoms with E-state index in [-0.39, 0.29) is 30.6 Å². The highest BCUT2D eigenvalue weighted by Gasteiger charge is 2.30. The third-order valence-corrected chi connectivity index (χ3v) is 4.18. The maximum Gasteiger partial charge on any atom is 0.255 e. The molecule has 1 aliphatic heterocycles. The van der Waals surface area contributed by atoms with E-state index in [4.69, 9.17) is 23.2 Å². The monoisotopic (exact) mass is 362 g/mol. The molecule has 1 aliphatic rings. The number of carbonyl (C=O) groups excluding carboxylic acids is 3. The number of nitrogens with zero attached hydrogens (tertiary/aromatic N) is 1. The second-order valence-electron chi connectivity index (χ2n) is 5.25. The SMILES string of the molecule is O=C(Nc1cc(Cl)ccc1Cl)c1ccc(N2C(=O)CCC2=O)cc1.